The van der Waals surface area contributed by atoms with Gasteiger partial charge in [0.1, 0.15) is 6.61 Å². The summed E-state index contributed by atoms with van der Waals surface area (Å²) in [6, 6.07) is 10.2. The molecule has 20 heavy (non-hydrogen) atoms. The van der Waals surface area contributed by atoms with Crippen LogP contribution in [0, 0.1) is 0 Å². The number of hydrogen-bond donors (Lipinski definition) is 1. The topological polar surface area (TPSA) is 41.6 Å². The van der Waals surface area contributed by atoms with Gasteiger partial charge < -0.3 is 15.0 Å². The third kappa shape index (κ3) is 3.97. The molecule has 0 unspecified atom stereocenters. The van der Waals surface area contributed by atoms with Gasteiger partial charge in [-0.2, -0.15) is 0 Å². The van der Waals surface area contributed by atoms with Gasteiger partial charge in [-0.25, -0.2) is 4.79 Å². The Bertz CT molecular complexity index is 414. The van der Waals surface area contributed by atoms with E-state index in [-0.39, 0.29) is 18.2 Å². The van der Waals surface area contributed by atoms with Crippen LogP contribution in [0.3, 0.4) is 0 Å². The molecule has 0 aromatic heterocycles. The van der Waals surface area contributed by atoms with Crippen molar-refractivity contribution in [2.45, 2.75) is 45.4 Å². The maximum Gasteiger partial charge on any atom is 0.410 e. The fourth-order valence-electron chi connectivity index (χ4n) is 2.65. The predicted octanol–water partition coefficient (Wildman–Crippen LogP) is 2.79. The molecule has 1 amide bonds. The van der Waals surface area contributed by atoms with Gasteiger partial charge in [0.15, 0.2) is 0 Å². The van der Waals surface area contributed by atoms with Gasteiger partial charge in [0.25, 0.3) is 0 Å². The monoisotopic (exact) mass is 276 g/mol. The number of hydrogen-bond acceptors (Lipinski definition) is 3. The van der Waals surface area contributed by atoms with E-state index in [9.17, 15) is 4.79 Å². The Kier molecular flexibility index (Phi) is 5.41. The lowest BCUT2D eigenvalue weighted by Gasteiger charge is -2.36. The van der Waals surface area contributed by atoms with Crippen molar-refractivity contribution in [1.82, 2.24) is 10.2 Å². The number of piperidine rings is 1. The highest BCUT2D eigenvalue weighted by molar-refractivity contribution is 5.68. The van der Waals surface area contributed by atoms with Gasteiger partial charge in [0.2, 0.25) is 0 Å². The first kappa shape index (κ1) is 14.9. The molecule has 1 aliphatic rings. The first-order valence-corrected chi connectivity index (χ1v) is 7.38. The molecule has 1 saturated heterocycles. The van der Waals surface area contributed by atoms with Crippen molar-refractivity contribution < 1.29 is 9.53 Å². The second kappa shape index (κ2) is 7.29. The second-order valence-electron chi connectivity index (χ2n) is 5.54. The van der Waals surface area contributed by atoms with E-state index in [4.69, 9.17) is 4.74 Å². The zero-order valence-electron chi connectivity index (χ0n) is 12.3. The molecule has 2 rings (SSSR count). The quantitative estimate of drug-likeness (QED) is 0.919. The molecular weight excluding hydrogens is 252 g/mol. The average molecular weight is 276 g/mol. The smallest absolute Gasteiger partial charge is 0.410 e. The van der Waals surface area contributed by atoms with Crippen molar-refractivity contribution in [2.75, 3.05) is 13.1 Å². The summed E-state index contributed by atoms with van der Waals surface area (Å²) >= 11 is 0. The molecule has 0 saturated carbocycles. The molecule has 1 fully saturated rings. The van der Waals surface area contributed by atoms with Gasteiger partial charge in [-0.15, -0.1) is 0 Å². The highest BCUT2D eigenvalue weighted by atomic mass is 16.6. The Hall–Kier alpha value is -1.55. The molecule has 1 aromatic rings. The van der Waals surface area contributed by atoms with E-state index >= 15 is 0 Å². The van der Waals surface area contributed by atoms with Gasteiger partial charge in [-0.3, -0.25) is 0 Å². The standard InChI is InChI=1S/C16H24N2O2/c1-13(2)18(15-9-6-10-17-11-15)16(19)20-12-14-7-4-3-5-8-14/h3-5,7-8,13,15,17H,6,9-12H2,1-2H3/t15-/m1/s1. The largest absolute Gasteiger partial charge is 0.445 e. The van der Waals surface area contributed by atoms with Crippen LogP contribution >= 0.6 is 0 Å². The summed E-state index contributed by atoms with van der Waals surface area (Å²) in [6.07, 6.45) is 1.95. The maximum atomic E-state index is 12.3. The van der Waals surface area contributed by atoms with Crippen LogP contribution in [0.4, 0.5) is 4.79 Å². The van der Waals surface area contributed by atoms with E-state index in [0.29, 0.717) is 6.61 Å². The summed E-state index contributed by atoms with van der Waals surface area (Å²) in [5, 5.41) is 3.35. The number of carbonyl (C=O) groups is 1. The van der Waals surface area contributed by atoms with Crippen molar-refractivity contribution in [3.8, 4) is 0 Å². The molecular formula is C16H24N2O2. The van der Waals surface area contributed by atoms with Crippen LogP contribution in [0.15, 0.2) is 30.3 Å². The van der Waals surface area contributed by atoms with E-state index in [1.165, 1.54) is 0 Å². The summed E-state index contributed by atoms with van der Waals surface area (Å²) in [7, 11) is 0. The van der Waals surface area contributed by atoms with Crippen molar-refractivity contribution in [2.24, 2.45) is 0 Å². The summed E-state index contributed by atoms with van der Waals surface area (Å²) in [5.41, 5.74) is 1.02. The Morgan fingerprint density at radius 2 is 2.15 bits per heavy atom. The second-order valence-corrected chi connectivity index (χ2v) is 5.54. The lowest BCUT2D eigenvalue weighted by atomic mass is 10.1. The summed E-state index contributed by atoms with van der Waals surface area (Å²) in [4.78, 5) is 14.2. The zero-order valence-corrected chi connectivity index (χ0v) is 12.3. The molecule has 4 nitrogen and oxygen atoms in total. The van der Waals surface area contributed by atoms with Crippen molar-refractivity contribution in [3.05, 3.63) is 35.9 Å². The molecule has 0 bridgehead atoms. The van der Waals surface area contributed by atoms with E-state index in [1.807, 2.05) is 49.1 Å². The van der Waals surface area contributed by atoms with Gasteiger partial charge in [-0.1, -0.05) is 30.3 Å². The first-order valence-electron chi connectivity index (χ1n) is 7.38. The molecule has 0 radical (unpaired) electrons. The molecule has 1 aliphatic heterocycles. The van der Waals surface area contributed by atoms with Crippen LogP contribution in [0.1, 0.15) is 32.3 Å². The minimum absolute atomic E-state index is 0.156. The van der Waals surface area contributed by atoms with E-state index in [2.05, 4.69) is 5.32 Å². The van der Waals surface area contributed by atoms with E-state index < -0.39 is 0 Å². The highest BCUT2D eigenvalue weighted by Crippen LogP contribution is 2.16. The number of carbonyl (C=O) groups excluding carboxylic acids is 1. The van der Waals surface area contributed by atoms with Crippen LogP contribution in [-0.2, 0) is 11.3 Å². The molecule has 1 heterocycles. The fourth-order valence-corrected chi connectivity index (χ4v) is 2.65. The molecule has 0 aliphatic carbocycles. The molecule has 1 aromatic carbocycles. The van der Waals surface area contributed by atoms with Crippen LogP contribution in [0.5, 0.6) is 0 Å². The van der Waals surface area contributed by atoms with Gasteiger partial charge in [0.05, 0.1) is 0 Å². The van der Waals surface area contributed by atoms with Crippen LogP contribution in [0.25, 0.3) is 0 Å². The normalized spacial score (nSPS) is 18.9. The fraction of sp³-hybridized carbons (Fsp3) is 0.562. The van der Waals surface area contributed by atoms with Crippen molar-refractivity contribution in [3.63, 3.8) is 0 Å². The minimum Gasteiger partial charge on any atom is -0.445 e. The Balaban J connectivity index is 1.93. The summed E-state index contributed by atoms with van der Waals surface area (Å²) in [6.45, 7) is 6.32. The number of nitrogens with one attached hydrogen (secondary N) is 1. The zero-order chi connectivity index (χ0) is 14.4. The predicted molar refractivity (Wildman–Crippen MR) is 79.5 cm³/mol. The Morgan fingerprint density at radius 1 is 1.40 bits per heavy atom. The number of nitrogens with zero attached hydrogens (tertiary/aromatic N) is 1. The van der Waals surface area contributed by atoms with Crippen molar-refractivity contribution >= 4 is 6.09 Å². The lowest BCUT2D eigenvalue weighted by molar-refractivity contribution is 0.0612. The summed E-state index contributed by atoms with van der Waals surface area (Å²) < 4.78 is 5.46. The number of amides is 1. The highest BCUT2D eigenvalue weighted by Gasteiger charge is 2.28. The third-order valence-electron chi connectivity index (χ3n) is 3.64. The van der Waals surface area contributed by atoms with E-state index in [0.717, 1.165) is 31.5 Å². The van der Waals surface area contributed by atoms with E-state index in [1.54, 1.807) is 0 Å². The van der Waals surface area contributed by atoms with Crippen LogP contribution < -0.4 is 5.32 Å². The molecule has 1 N–H and O–H groups in total. The van der Waals surface area contributed by atoms with Crippen LogP contribution in [0.2, 0.25) is 0 Å². The third-order valence-corrected chi connectivity index (χ3v) is 3.64. The molecule has 4 heteroatoms. The average Bonchev–Trinajstić information content (AvgIpc) is 2.47. The van der Waals surface area contributed by atoms with Gasteiger partial charge in [-0.05, 0) is 38.8 Å². The molecule has 1 atom stereocenters. The van der Waals surface area contributed by atoms with Crippen LogP contribution in [-0.4, -0.2) is 36.2 Å². The number of ether oxygens (including phenoxy) is 1. The molecule has 110 valence electrons. The Labute approximate surface area is 121 Å². The van der Waals surface area contributed by atoms with Gasteiger partial charge in [0, 0.05) is 18.6 Å². The number of benzene rings is 1. The summed E-state index contributed by atoms with van der Waals surface area (Å²) in [5.74, 6) is 0. The molecule has 0 spiro atoms. The lowest BCUT2D eigenvalue weighted by Crippen LogP contribution is -2.51. The maximum absolute atomic E-state index is 12.3. The first-order chi connectivity index (χ1) is 9.68. The number of rotatable bonds is 4. The van der Waals surface area contributed by atoms with Crippen molar-refractivity contribution in [1.29, 1.82) is 0 Å². The Morgan fingerprint density at radius 3 is 2.75 bits per heavy atom. The minimum atomic E-state index is -0.211. The van der Waals surface area contributed by atoms with Gasteiger partial charge >= 0.3 is 6.09 Å². The SMILES string of the molecule is CC(C)N(C(=O)OCc1ccccc1)[C@@H]1CCCNC1.